The number of aromatic nitrogens is 2. The highest BCUT2D eigenvalue weighted by Crippen LogP contribution is 2.10. The first-order chi connectivity index (χ1) is 6.45. The van der Waals surface area contributed by atoms with E-state index in [1.165, 1.54) is 0 Å². The topological polar surface area (TPSA) is 37.8 Å². The Morgan fingerprint density at radius 1 is 1.43 bits per heavy atom. The van der Waals surface area contributed by atoms with Crippen molar-refractivity contribution in [2.45, 2.75) is 52.5 Å². The molecule has 0 spiro atoms. The molecule has 0 aliphatic rings. The van der Waals surface area contributed by atoms with Crippen molar-refractivity contribution in [3.05, 3.63) is 22.1 Å². The Bertz CT molecular complexity index is 341. The monoisotopic (exact) mass is 196 g/mol. The molecule has 1 N–H and O–H groups in total. The molecule has 80 valence electrons. The molecular weight excluding hydrogens is 176 g/mol. The van der Waals surface area contributed by atoms with Crippen LogP contribution in [0, 0.1) is 0 Å². The van der Waals surface area contributed by atoms with Gasteiger partial charge in [0.2, 0.25) is 0 Å². The van der Waals surface area contributed by atoms with Gasteiger partial charge in [0.05, 0.1) is 5.54 Å². The third-order valence-corrected chi connectivity index (χ3v) is 2.24. The summed E-state index contributed by atoms with van der Waals surface area (Å²) in [7, 11) is 0. The summed E-state index contributed by atoms with van der Waals surface area (Å²) in [5.74, 6) is 0. The maximum absolute atomic E-state index is 11.6. The molecular formula is C11H20N2O. The van der Waals surface area contributed by atoms with Gasteiger partial charge in [0.25, 0.3) is 5.56 Å². The van der Waals surface area contributed by atoms with Gasteiger partial charge in [-0.25, -0.2) is 4.68 Å². The fraction of sp³-hybridized carbons (Fsp3) is 0.727. The van der Waals surface area contributed by atoms with Gasteiger partial charge in [-0.1, -0.05) is 13.3 Å². The van der Waals surface area contributed by atoms with Crippen molar-refractivity contribution in [3.63, 3.8) is 0 Å². The Kier molecular flexibility index (Phi) is 3.19. The number of aromatic amines is 1. The first-order valence-electron chi connectivity index (χ1n) is 5.26. The molecule has 1 rings (SSSR count). The molecule has 0 aromatic carbocycles. The number of hydrogen-bond acceptors (Lipinski definition) is 1. The van der Waals surface area contributed by atoms with Gasteiger partial charge in [0.1, 0.15) is 0 Å². The van der Waals surface area contributed by atoms with Gasteiger partial charge in [-0.2, -0.15) is 0 Å². The molecule has 0 aliphatic heterocycles. The number of hydrogen-bond donors (Lipinski definition) is 1. The molecule has 3 nitrogen and oxygen atoms in total. The largest absolute Gasteiger partial charge is 0.299 e. The molecule has 0 amide bonds. The number of H-pyrrole nitrogens is 1. The zero-order valence-corrected chi connectivity index (χ0v) is 9.55. The summed E-state index contributed by atoms with van der Waals surface area (Å²) in [6, 6.07) is 1.71. The maximum Gasteiger partial charge on any atom is 0.267 e. The van der Waals surface area contributed by atoms with Crippen LogP contribution in [0.1, 0.15) is 46.2 Å². The summed E-state index contributed by atoms with van der Waals surface area (Å²) < 4.78 is 1.69. The summed E-state index contributed by atoms with van der Waals surface area (Å²) in [6.45, 7) is 8.22. The van der Waals surface area contributed by atoms with E-state index in [2.05, 4.69) is 12.0 Å². The zero-order valence-electron chi connectivity index (χ0n) is 9.55. The average molecular weight is 196 g/mol. The Morgan fingerprint density at radius 2 is 2.07 bits per heavy atom. The van der Waals surface area contributed by atoms with E-state index >= 15 is 0 Å². The summed E-state index contributed by atoms with van der Waals surface area (Å²) in [5, 5.41) is 3.16. The second-order valence-electron chi connectivity index (χ2n) is 4.73. The Labute approximate surface area is 85.1 Å². The summed E-state index contributed by atoms with van der Waals surface area (Å²) >= 11 is 0. The van der Waals surface area contributed by atoms with E-state index in [0.717, 1.165) is 25.0 Å². The molecule has 14 heavy (non-hydrogen) atoms. The van der Waals surface area contributed by atoms with E-state index in [9.17, 15) is 4.79 Å². The molecule has 0 radical (unpaired) electrons. The van der Waals surface area contributed by atoms with Crippen LogP contribution in [0.25, 0.3) is 0 Å². The first kappa shape index (κ1) is 11.1. The minimum Gasteiger partial charge on any atom is -0.299 e. The minimum atomic E-state index is -0.151. The van der Waals surface area contributed by atoms with E-state index in [0.29, 0.717) is 0 Å². The van der Waals surface area contributed by atoms with E-state index in [1.807, 2.05) is 20.8 Å². The molecule has 1 heterocycles. The van der Waals surface area contributed by atoms with Gasteiger partial charge in [-0.3, -0.25) is 9.89 Å². The van der Waals surface area contributed by atoms with Crippen molar-refractivity contribution >= 4 is 0 Å². The van der Waals surface area contributed by atoms with Crippen LogP contribution in [0.5, 0.6) is 0 Å². The second-order valence-corrected chi connectivity index (χ2v) is 4.73. The van der Waals surface area contributed by atoms with Crippen LogP contribution in [-0.4, -0.2) is 9.78 Å². The second kappa shape index (κ2) is 4.03. The predicted molar refractivity (Wildman–Crippen MR) is 58.7 cm³/mol. The molecule has 0 saturated carbocycles. The van der Waals surface area contributed by atoms with Gasteiger partial charge in [-0.15, -0.1) is 0 Å². The standard InChI is InChI=1S/C11H20N2O/c1-5-6-7-9-8-10(14)13(12-9)11(2,3)4/h8,12H,5-7H2,1-4H3. The van der Waals surface area contributed by atoms with Gasteiger partial charge in [0, 0.05) is 11.8 Å². The van der Waals surface area contributed by atoms with Gasteiger partial charge in [-0.05, 0) is 33.6 Å². The Hall–Kier alpha value is -0.990. The van der Waals surface area contributed by atoms with Crippen LogP contribution >= 0.6 is 0 Å². The van der Waals surface area contributed by atoms with Crippen LogP contribution in [0.3, 0.4) is 0 Å². The molecule has 0 aliphatic carbocycles. The van der Waals surface area contributed by atoms with Crippen LogP contribution in [-0.2, 0) is 12.0 Å². The van der Waals surface area contributed by atoms with Gasteiger partial charge < -0.3 is 0 Å². The van der Waals surface area contributed by atoms with Crippen LogP contribution < -0.4 is 5.56 Å². The molecule has 0 atom stereocenters. The van der Waals surface area contributed by atoms with Crippen molar-refractivity contribution in [2.75, 3.05) is 0 Å². The number of unbranched alkanes of at least 4 members (excludes halogenated alkanes) is 1. The highest BCUT2D eigenvalue weighted by molar-refractivity contribution is 5.01. The van der Waals surface area contributed by atoms with Crippen LogP contribution in [0.15, 0.2) is 10.9 Å². The smallest absolute Gasteiger partial charge is 0.267 e. The lowest BCUT2D eigenvalue weighted by Gasteiger charge is -2.19. The maximum atomic E-state index is 11.6. The lowest BCUT2D eigenvalue weighted by Crippen LogP contribution is -2.32. The third kappa shape index (κ3) is 2.50. The van der Waals surface area contributed by atoms with Crippen molar-refractivity contribution in [1.29, 1.82) is 0 Å². The first-order valence-corrected chi connectivity index (χ1v) is 5.26. The number of nitrogens with zero attached hydrogens (tertiary/aromatic N) is 1. The summed E-state index contributed by atoms with van der Waals surface area (Å²) in [4.78, 5) is 11.6. The molecule has 0 bridgehead atoms. The van der Waals surface area contributed by atoms with Crippen LogP contribution in [0.2, 0.25) is 0 Å². The highest BCUT2D eigenvalue weighted by atomic mass is 16.1. The van der Waals surface area contributed by atoms with Crippen molar-refractivity contribution in [2.24, 2.45) is 0 Å². The van der Waals surface area contributed by atoms with E-state index in [-0.39, 0.29) is 11.1 Å². The lowest BCUT2D eigenvalue weighted by atomic mass is 10.1. The fourth-order valence-corrected chi connectivity index (χ4v) is 1.44. The predicted octanol–water partition coefficient (Wildman–Crippen LogP) is 2.27. The van der Waals surface area contributed by atoms with Crippen molar-refractivity contribution in [3.8, 4) is 0 Å². The normalized spacial score (nSPS) is 12.0. The van der Waals surface area contributed by atoms with Crippen LogP contribution in [0.4, 0.5) is 0 Å². The molecule has 0 fully saturated rings. The average Bonchev–Trinajstić information content (AvgIpc) is 2.42. The lowest BCUT2D eigenvalue weighted by molar-refractivity contribution is 0.343. The Balaban J connectivity index is 2.89. The molecule has 1 aromatic heterocycles. The molecule has 0 unspecified atom stereocenters. The SMILES string of the molecule is CCCCc1cc(=O)n(C(C)(C)C)[nH]1. The van der Waals surface area contributed by atoms with E-state index in [1.54, 1.807) is 10.7 Å². The third-order valence-electron chi connectivity index (χ3n) is 2.24. The molecule has 1 aromatic rings. The minimum absolute atomic E-state index is 0.0728. The summed E-state index contributed by atoms with van der Waals surface area (Å²) in [5.41, 5.74) is 0.969. The fourth-order valence-electron chi connectivity index (χ4n) is 1.44. The number of aryl methyl sites for hydroxylation is 1. The van der Waals surface area contributed by atoms with Crippen molar-refractivity contribution in [1.82, 2.24) is 9.78 Å². The highest BCUT2D eigenvalue weighted by Gasteiger charge is 2.16. The van der Waals surface area contributed by atoms with E-state index in [4.69, 9.17) is 0 Å². The number of rotatable bonds is 3. The van der Waals surface area contributed by atoms with Crippen molar-refractivity contribution < 1.29 is 0 Å². The van der Waals surface area contributed by atoms with E-state index < -0.39 is 0 Å². The molecule has 0 saturated heterocycles. The molecule has 3 heteroatoms. The number of nitrogens with one attached hydrogen (secondary N) is 1. The Morgan fingerprint density at radius 3 is 2.50 bits per heavy atom. The zero-order chi connectivity index (χ0) is 10.8. The quantitative estimate of drug-likeness (QED) is 0.791. The van der Waals surface area contributed by atoms with Gasteiger partial charge in [0.15, 0.2) is 0 Å². The van der Waals surface area contributed by atoms with Gasteiger partial charge >= 0.3 is 0 Å². The summed E-state index contributed by atoms with van der Waals surface area (Å²) in [6.07, 6.45) is 3.25.